The molecular weight excluding hydrogens is 448 g/mol. The summed E-state index contributed by atoms with van der Waals surface area (Å²) in [5, 5.41) is 64.4. The minimum Gasteiger partial charge on any atom is -0.396 e. The van der Waals surface area contributed by atoms with Gasteiger partial charge < -0.3 is 35.4 Å². The van der Waals surface area contributed by atoms with Crippen molar-refractivity contribution in [2.75, 3.05) is 39.6 Å². The fraction of sp³-hybridized carbons (Fsp3) is 0.357. The largest absolute Gasteiger partial charge is 0.396 e. The molecular formula is C28H34O7. The number of hydrogen-bond acceptors (Lipinski definition) is 7. The molecule has 0 radical (unpaired) electrons. The molecule has 7 nitrogen and oxygen atoms in total. The number of aliphatic hydroxyl groups is 6. The summed E-state index contributed by atoms with van der Waals surface area (Å²) in [6, 6.07) is 26.2. The maximum absolute atomic E-state index is 12.5. The number of aliphatic hydroxyl groups excluding tert-OH is 5. The van der Waals surface area contributed by atoms with Crippen LogP contribution in [0.3, 0.4) is 0 Å². The van der Waals surface area contributed by atoms with E-state index in [1.54, 1.807) is 91.0 Å². The minimum atomic E-state index is -1.92. The van der Waals surface area contributed by atoms with Gasteiger partial charge in [-0.3, -0.25) is 0 Å². The third-order valence-electron chi connectivity index (χ3n) is 6.80. The summed E-state index contributed by atoms with van der Waals surface area (Å²) < 4.78 is 5.90. The molecule has 0 saturated heterocycles. The molecule has 2 unspecified atom stereocenters. The van der Waals surface area contributed by atoms with Crippen molar-refractivity contribution in [2.45, 2.75) is 11.7 Å². The minimum absolute atomic E-state index is 0.264. The van der Waals surface area contributed by atoms with E-state index in [0.29, 0.717) is 16.7 Å². The van der Waals surface area contributed by atoms with Crippen molar-refractivity contribution in [3.05, 3.63) is 108 Å². The van der Waals surface area contributed by atoms with Crippen LogP contribution in [0.25, 0.3) is 0 Å². The van der Waals surface area contributed by atoms with Gasteiger partial charge in [0.1, 0.15) is 5.60 Å². The highest BCUT2D eigenvalue weighted by Gasteiger charge is 2.57. The molecule has 6 N–H and O–H groups in total. The molecule has 7 heteroatoms. The molecule has 0 heterocycles. The predicted molar refractivity (Wildman–Crippen MR) is 131 cm³/mol. The smallest absolute Gasteiger partial charge is 0.127 e. The van der Waals surface area contributed by atoms with E-state index in [4.69, 9.17) is 4.74 Å². The molecule has 0 fully saturated rings. The van der Waals surface area contributed by atoms with Crippen LogP contribution < -0.4 is 0 Å². The Kier molecular flexibility index (Phi) is 9.15. The van der Waals surface area contributed by atoms with Crippen molar-refractivity contribution in [3.8, 4) is 0 Å². The Balaban J connectivity index is 2.19. The molecule has 3 aromatic carbocycles. The average molecular weight is 483 g/mol. The summed E-state index contributed by atoms with van der Waals surface area (Å²) in [6.07, 6.45) is -1.38. The lowest BCUT2D eigenvalue weighted by Gasteiger charge is -2.50. The molecule has 35 heavy (non-hydrogen) atoms. The zero-order valence-corrected chi connectivity index (χ0v) is 19.6. The fourth-order valence-corrected chi connectivity index (χ4v) is 4.42. The van der Waals surface area contributed by atoms with Crippen LogP contribution in [0.2, 0.25) is 0 Å². The van der Waals surface area contributed by atoms with Crippen LogP contribution in [0.15, 0.2) is 91.0 Å². The summed E-state index contributed by atoms with van der Waals surface area (Å²) in [5.41, 5.74) is -3.61. The maximum Gasteiger partial charge on any atom is 0.127 e. The highest BCUT2D eigenvalue weighted by molar-refractivity contribution is 5.41. The first-order valence-corrected chi connectivity index (χ1v) is 11.5. The Morgan fingerprint density at radius 3 is 1.43 bits per heavy atom. The van der Waals surface area contributed by atoms with E-state index in [-0.39, 0.29) is 13.2 Å². The number of hydrogen-bond donors (Lipinski definition) is 6. The van der Waals surface area contributed by atoms with E-state index < -0.39 is 49.0 Å². The van der Waals surface area contributed by atoms with Gasteiger partial charge in [0.05, 0.1) is 56.6 Å². The first-order chi connectivity index (χ1) is 16.9. The van der Waals surface area contributed by atoms with Crippen LogP contribution >= 0.6 is 0 Å². The van der Waals surface area contributed by atoms with Crippen LogP contribution in [-0.2, 0) is 10.3 Å². The molecule has 0 spiro atoms. The van der Waals surface area contributed by atoms with Gasteiger partial charge in [-0.2, -0.15) is 0 Å². The molecule has 0 saturated carbocycles. The Hall–Kier alpha value is -2.62. The molecule has 0 aliphatic carbocycles. The second-order valence-corrected chi connectivity index (χ2v) is 9.04. The van der Waals surface area contributed by atoms with Crippen LogP contribution in [0, 0.1) is 10.8 Å². The number of rotatable bonds is 13. The van der Waals surface area contributed by atoms with Crippen LogP contribution in [0.4, 0.5) is 0 Å². The van der Waals surface area contributed by atoms with Crippen molar-refractivity contribution in [3.63, 3.8) is 0 Å². The molecule has 3 aromatic rings. The number of ether oxygens (including phenoxy) is 1. The van der Waals surface area contributed by atoms with E-state index in [1.165, 1.54) is 0 Å². The van der Waals surface area contributed by atoms with Crippen molar-refractivity contribution < 1.29 is 35.4 Å². The molecule has 0 aromatic heterocycles. The summed E-state index contributed by atoms with van der Waals surface area (Å²) in [7, 11) is 0. The van der Waals surface area contributed by atoms with Crippen LogP contribution in [-0.4, -0.2) is 70.3 Å². The van der Waals surface area contributed by atoms with Gasteiger partial charge >= 0.3 is 0 Å². The third-order valence-corrected chi connectivity index (χ3v) is 6.80. The Labute approximate surface area is 205 Å². The van der Waals surface area contributed by atoms with E-state index in [9.17, 15) is 30.6 Å². The first-order valence-electron chi connectivity index (χ1n) is 11.5. The van der Waals surface area contributed by atoms with Crippen molar-refractivity contribution in [2.24, 2.45) is 10.8 Å². The predicted octanol–water partition coefficient (Wildman–Crippen LogP) is 1.61. The van der Waals surface area contributed by atoms with Crippen molar-refractivity contribution >= 4 is 0 Å². The van der Waals surface area contributed by atoms with Gasteiger partial charge in [0.25, 0.3) is 0 Å². The Morgan fingerprint density at radius 2 is 1.03 bits per heavy atom. The summed E-state index contributed by atoms with van der Waals surface area (Å²) in [4.78, 5) is 0. The first kappa shape index (κ1) is 27.0. The molecule has 2 atom stereocenters. The second-order valence-electron chi connectivity index (χ2n) is 9.04. The fourth-order valence-electron chi connectivity index (χ4n) is 4.42. The molecule has 3 rings (SSSR count). The van der Waals surface area contributed by atoms with Gasteiger partial charge in [0, 0.05) is 0 Å². The number of benzene rings is 3. The Bertz CT molecular complexity index is 961. The second kappa shape index (κ2) is 11.9. The molecule has 0 amide bonds. The zero-order valence-electron chi connectivity index (χ0n) is 19.6. The molecule has 188 valence electrons. The van der Waals surface area contributed by atoms with Gasteiger partial charge in [0.15, 0.2) is 0 Å². The van der Waals surface area contributed by atoms with E-state index >= 15 is 0 Å². The standard InChI is InChI=1S/C28H34O7/c29-16-26(17-30,18-31)20-35-21-27(19-32,25(33)22-10-4-1-5-11-22)28(34,23-12-6-2-7-13-23)24-14-8-3-9-15-24/h1-15,25,29-34H,16-21H2. The highest BCUT2D eigenvalue weighted by Crippen LogP contribution is 2.52. The highest BCUT2D eigenvalue weighted by atomic mass is 16.5. The van der Waals surface area contributed by atoms with Crippen molar-refractivity contribution in [1.82, 2.24) is 0 Å². The molecule has 0 bridgehead atoms. The molecule has 0 aliphatic heterocycles. The quantitative estimate of drug-likeness (QED) is 0.218. The Morgan fingerprint density at radius 1 is 0.600 bits per heavy atom. The summed E-state index contributed by atoms with van der Waals surface area (Å²) in [6.45, 7) is -2.90. The summed E-state index contributed by atoms with van der Waals surface area (Å²) >= 11 is 0. The van der Waals surface area contributed by atoms with E-state index in [1.807, 2.05) is 0 Å². The van der Waals surface area contributed by atoms with Gasteiger partial charge in [-0.1, -0.05) is 91.0 Å². The maximum atomic E-state index is 12.5. The molecule has 0 aliphatic rings. The van der Waals surface area contributed by atoms with Gasteiger partial charge in [-0.15, -0.1) is 0 Å². The van der Waals surface area contributed by atoms with Crippen LogP contribution in [0.1, 0.15) is 22.8 Å². The topological polar surface area (TPSA) is 131 Å². The monoisotopic (exact) mass is 482 g/mol. The summed E-state index contributed by atoms with van der Waals surface area (Å²) in [5.74, 6) is 0. The lowest BCUT2D eigenvalue weighted by atomic mass is 9.61. The van der Waals surface area contributed by atoms with E-state index in [2.05, 4.69) is 0 Å². The van der Waals surface area contributed by atoms with Crippen molar-refractivity contribution in [1.29, 1.82) is 0 Å². The normalized spacial score (nSPS) is 14.9. The lowest BCUT2D eigenvalue weighted by Crippen LogP contribution is -2.56. The third kappa shape index (κ3) is 5.17. The zero-order chi connectivity index (χ0) is 25.4. The SMILES string of the molecule is OCC(CO)(CO)COCC(CO)(C(O)c1ccccc1)C(O)(c1ccccc1)c1ccccc1. The van der Waals surface area contributed by atoms with Gasteiger partial charge in [-0.05, 0) is 16.7 Å². The average Bonchev–Trinajstić information content (AvgIpc) is 2.94. The van der Waals surface area contributed by atoms with E-state index in [0.717, 1.165) is 0 Å². The van der Waals surface area contributed by atoms with Gasteiger partial charge in [-0.25, -0.2) is 0 Å². The lowest BCUT2D eigenvalue weighted by molar-refractivity contribution is -0.191. The van der Waals surface area contributed by atoms with Crippen LogP contribution in [0.5, 0.6) is 0 Å². The van der Waals surface area contributed by atoms with Gasteiger partial charge in [0.2, 0.25) is 0 Å².